The first kappa shape index (κ1) is 15.5. The maximum Gasteiger partial charge on any atom is 0.124 e. The number of hydrogen-bond donors (Lipinski definition) is 1. The zero-order chi connectivity index (χ0) is 14.9. The van der Waals surface area contributed by atoms with Crippen LogP contribution in [0, 0.1) is 5.82 Å². The summed E-state index contributed by atoms with van der Waals surface area (Å²) in [4.78, 5) is 0. The lowest BCUT2D eigenvalue weighted by atomic mass is 10.0. The van der Waals surface area contributed by atoms with Crippen molar-refractivity contribution in [3.8, 4) is 0 Å². The summed E-state index contributed by atoms with van der Waals surface area (Å²) in [6, 6.07) is 4.23. The highest BCUT2D eigenvalue weighted by molar-refractivity contribution is 9.10. The van der Waals surface area contributed by atoms with Gasteiger partial charge >= 0.3 is 0 Å². The molecule has 2 aromatic rings. The molecule has 1 unspecified atom stereocenters. The molecule has 0 aliphatic carbocycles. The molecule has 2 N–H and O–H groups in total. The molecule has 0 aliphatic rings. The van der Waals surface area contributed by atoms with Gasteiger partial charge in [0.15, 0.2) is 0 Å². The Balaban J connectivity index is 2.27. The number of hydrogen-bond acceptors (Lipinski definition) is 2. The van der Waals surface area contributed by atoms with E-state index in [0.717, 1.165) is 23.4 Å². The summed E-state index contributed by atoms with van der Waals surface area (Å²) >= 11 is 9.66. The molecule has 1 heterocycles. The van der Waals surface area contributed by atoms with Crippen LogP contribution < -0.4 is 5.73 Å². The van der Waals surface area contributed by atoms with Crippen LogP contribution in [0.5, 0.6) is 0 Å². The molecule has 0 fully saturated rings. The van der Waals surface area contributed by atoms with Crippen LogP contribution in [0.15, 0.2) is 22.7 Å². The molecule has 0 aliphatic heterocycles. The van der Waals surface area contributed by atoms with Crippen LogP contribution in [0.4, 0.5) is 4.39 Å². The van der Waals surface area contributed by atoms with Crippen molar-refractivity contribution in [1.29, 1.82) is 0 Å². The first-order valence-corrected chi connectivity index (χ1v) is 7.51. The Labute approximate surface area is 131 Å². The molecule has 0 bridgehead atoms. The van der Waals surface area contributed by atoms with E-state index in [1.54, 1.807) is 10.7 Å². The Morgan fingerprint density at radius 2 is 2.20 bits per heavy atom. The molecule has 1 aromatic carbocycles. The van der Waals surface area contributed by atoms with Crippen molar-refractivity contribution in [2.75, 3.05) is 0 Å². The van der Waals surface area contributed by atoms with Gasteiger partial charge in [0.1, 0.15) is 5.82 Å². The molecule has 1 aromatic heterocycles. The van der Waals surface area contributed by atoms with Gasteiger partial charge in [-0.15, -0.1) is 0 Å². The standard InChI is InChI=1S/C14H16BrClFN3/c1-3-12-14(16)13(20(2)19-12)7-11(18)9-5-4-8(17)6-10(9)15/h4-6,11H,3,7,18H2,1-2H3. The highest BCUT2D eigenvalue weighted by atomic mass is 79.9. The fraction of sp³-hybridized carbons (Fsp3) is 0.357. The second-order valence-electron chi connectivity index (χ2n) is 4.66. The van der Waals surface area contributed by atoms with E-state index in [0.29, 0.717) is 15.9 Å². The lowest BCUT2D eigenvalue weighted by Gasteiger charge is -2.14. The number of nitrogens with two attached hydrogens (primary N) is 1. The maximum atomic E-state index is 13.1. The van der Waals surface area contributed by atoms with Crippen LogP contribution >= 0.6 is 27.5 Å². The van der Waals surface area contributed by atoms with Gasteiger partial charge in [-0.3, -0.25) is 4.68 Å². The van der Waals surface area contributed by atoms with E-state index in [4.69, 9.17) is 17.3 Å². The molecule has 0 saturated carbocycles. The van der Waals surface area contributed by atoms with E-state index >= 15 is 0 Å². The van der Waals surface area contributed by atoms with Crippen LogP contribution in [0.25, 0.3) is 0 Å². The summed E-state index contributed by atoms with van der Waals surface area (Å²) in [7, 11) is 1.85. The average molecular weight is 361 g/mol. The summed E-state index contributed by atoms with van der Waals surface area (Å²) in [5.41, 5.74) is 8.83. The van der Waals surface area contributed by atoms with Gasteiger partial charge in [0, 0.05) is 24.0 Å². The minimum atomic E-state index is -0.292. The Morgan fingerprint density at radius 1 is 1.50 bits per heavy atom. The number of benzene rings is 1. The summed E-state index contributed by atoms with van der Waals surface area (Å²) in [6.45, 7) is 2.01. The number of halogens is 3. The molecular weight excluding hydrogens is 345 g/mol. The van der Waals surface area contributed by atoms with Gasteiger partial charge in [0.2, 0.25) is 0 Å². The third kappa shape index (κ3) is 3.05. The molecule has 108 valence electrons. The smallest absolute Gasteiger partial charge is 0.124 e. The van der Waals surface area contributed by atoms with E-state index in [1.165, 1.54) is 12.1 Å². The molecule has 0 saturated heterocycles. The summed E-state index contributed by atoms with van der Waals surface area (Å²) in [5, 5.41) is 5.04. The zero-order valence-electron chi connectivity index (χ0n) is 11.3. The lowest BCUT2D eigenvalue weighted by Crippen LogP contribution is -2.16. The minimum Gasteiger partial charge on any atom is -0.324 e. The van der Waals surface area contributed by atoms with Gasteiger partial charge < -0.3 is 5.73 Å². The SMILES string of the molecule is CCc1nn(C)c(CC(N)c2ccc(F)cc2Br)c1Cl. The molecule has 0 spiro atoms. The van der Waals surface area contributed by atoms with E-state index in [-0.39, 0.29) is 11.9 Å². The van der Waals surface area contributed by atoms with Gasteiger partial charge in [0.05, 0.1) is 16.4 Å². The molecule has 1 atom stereocenters. The van der Waals surface area contributed by atoms with Crippen molar-refractivity contribution >= 4 is 27.5 Å². The van der Waals surface area contributed by atoms with E-state index < -0.39 is 0 Å². The van der Waals surface area contributed by atoms with Gasteiger partial charge in [-0.05, 0) is 24.1 Å². The molecule has 20 heavy (non-hydrogen) atoms. The average Bonchev–Trinajstić information content (AvgIpc) is 2.66. The van der Waals surface area contributed by atoms with Crippen LogP contribution in [0.3, 0.4) is 0 Å². The van der Waals surface area contributed by atoms with Crippen LogP contribution in [0.2, 0.25) is 5.02 Å². The molecule has 2 rings (SSSR count). The van der Waals surface area contributed by atoms with E-state index in [2.05, 4.69) is 21.0 Å². The first-order chi connectivity index (χ1) is 9.43. The number of nitrogens with zero attached hydrogens (tertiary/aromatic N) is 2. The number of aryl methyl sites for hydroxylation is 2. The third-order valence-corrected chi connectivity index (χ3v) is 4.40. The molecule has 6 heteroatoms. The first-order valence-electron chi connectivity index (χ1n) is 6.34. The minimum absolute atomic E-state index is 0.275. The molecule has 0 amide bonds. The summed E-state index contributed by atoms with van der Waals surface area (Å²) < 4.78 is 15.5. The maximum absolute atomic E-state index is 13.1. The topological polar surface area (TPSA) is 43.8 Å². The van der Waals surface area contributed by atoms with Crippen molar-refractivity contribution < 1.29 is 4.39 Å². The van der Waals surface area contributed by atoms with Gasteiger partial charge in [-0.2, -0.15) is 5.10 Å². The van der Waals surface area contributed by atoms with E-state index in [1.807, 2.05) is 14.0 Å². The van der Waals surface area contributed by atoms with Gasteiger partial charge in [0.25, 0.3) is 0 Å². The highest BCUT2D eigenvalue weighted by Gasteiger charge is 2.18. The summed E-state index contributed by atoms with van der Waals surface area (Å²) in [5.74, 6) is -0.292. The van der Waals surface area contributed by atoms with E-state index in [9.17, 15) is 4.39 Å². The van der Waals surface area contributed by atoms with Crippen molar-refractivity contribution in [1.82, 2.24) is 9.78 Å². The normalized spacial score (nSPS) is 12.7. The van der Waals surface area contributed by atoms with Crippen molar-refractivity contribution in [3.05, 3.63) is 50.5 Å². The summed E-state index contributed by atoms with van der Waals surface area (Å²) in [6.07, 6.45) is 1.33. The Kier molecular flexibility index (Phi) is 4.83. The third-order valence-electron chi connectivity index (χ3n) is 3.28. The second kappa shape index (κ2) is 6.24. The fourth-order valence-corrected chi connectivity index (χ4v) is 3.18. The molecule has 0 radical (unpaired) electrons. The lowest BCUT2D eigenvalue weighted by molar-refractivity contribution is 0.616. The van der Waals surface area contributed by atoms with Crippen molar-refractivity contribution in [2.24, 2.45) is 12.8 Å². The largest absolute Gasteiger partial charge is 0.324 e. The molecule has 3 nitrogen and oxygen atoms in total. The predicted octanol–water partition coefficient (Wildman–Crippen LogP) is 3.78. The quantitative estimate of drug-likeness (QED) is 0.902. The predicted molar refractivity (Wildman–Crippen MR) is 82.3 cm³/mol. The Bertz CT molecular complexity index is 627. The second-order valence-corrected chi connectivity index (χ2v) is 5.89. The molecular formula is C14H16BrClFN3. The monoisotopic (exact) mass is 359 g/mol. The number of rotatable bonds is 4. The van der Waals surface area contributed by atoms with Crippen molar-refractivity contribution in [3.63, 3.8) is 0 Å². The Morgan fingerprint density at radius 3 is 2.75 bits per heavy atom. The van der Waals surface area contributed by atoms with Gasteiger partial charge in [-0.25, -0.2) is 4.39 Å². The van der Waals surface area contributed by atoms with Crippen LogP contribution in [-0.4, -0.2) is 9.78 Å². The van der Waals surface area contributed by atoms with Crippen LogP contribution in [-0.2, 0) is 19.9 Å². The zero-order valence-corrected chi connectivity index (χ0v) is 13.7. The van der Waals surface area contributed by atoms with Crippen LogP contribution in [0.1, 0.15) is 29.9 Å². The number of aromatic nitrogens is 2. The fourth-order valence-electron chi connectivity index (χ4n) is 2.16. The Hall–Kier alpha value is -0.910. The van der Waals surface area contributed by atoms with Gasteiger partial charge in [-0.1, -0.05) is 40.5 Å². The van der Waals surface area contributed by atoms with Crippen molar-refractivity contribution in [2.45, 2.75) is 25.8 Å². The highest BCUT2D eigenvalue weighted by Crippen LogP contribution is 2.29.